The van der Waals surface area contributed by atoms with Gasteiger partial charge in [0.1, 0.15) is 6.61 Å². The molecule has 1 aliphatic rings. The van der Waals surface area contributed by atoms with Gasteiger partial charge in [-0.3, -0.25) is 24.1 Å². The van der Waals surface area contributed by atoms with Crippen LogP contribution in [0.4, 0.5) is 11.4 Å². The summed E-state index contributed by atoms with van der Waals surface area (Å²) in [6.07, 6.45) is -0.0487. The number of hydrogen-bond acceptors (Lipinski definition) is 5. The van der Waals surface area contributed by atoms with Gasteiger partial charge in [-0.2, -0.15) is 0 Å². The summed E-state index contributed by atoms with van der Waals surface area (Å²) in [6, 6.07) is 11.5. The lowest BCUT2D eigenvalue weighted by molar-refractivity contribution is -0.119. The Hall–Kier alpha value is -3.04. The molecule has 0 saturated heterocycles. The molecule has 0 aliphatic carbocycles. The van der Waals surface area contributed by atoms with Crippen molar-refractivity contribution in [2.24, 2.45) is 0 Å². The largest absolute Gasteiger partial charge is 0.375 e. The van der Waals surface area contributed by atoms with Crippen molar-refractivity contribution in [2.45, 2.75) is 6.42 Å². The van der Waals surface area contributed by atoms with Crippen LogP contribution in [0.5, 0.6) is 0 Å². The number of carbonyl (C=O) groups excluding carboxylic acids is 4. The van der Waals surface area contributed by atoms with E-state index in [2.05, 4.69) is 26.6 Å². The first-order valence-corrected chi connectivity index (χ1v) is 9.53. The number of imide groups is 1. The van der Waals surface area contributed by atoms with Gasteiger partial charge in [0.25, 0.3) is 11.8 Å². The Kier molecular flexibility index (Phi) is 6.40. The first kappa shape index (κ1) is 20.7. The number of benzene rings is 2. The number of rotatable bonds is 7. The van der Waals surface area contributed by atoms with Gasteiger partial charge in [-0.25, -0.2) is 0 Å². The number of ether oxygens (including phenoxy) is 1. The van der Waals surface area contributed by atoms with E-state index in [1.165, 1.54) is 7.11 Å². The molecule has 0 fully saturated rings. The maximum atomic E-state index is 12.4. The summed E-state index contributed by atoms with van der Waals surface area (Å²) in [6.45, 7) is -0.104. The van der Waals surface area contributed by atoms with Crippen LogP contribution < -0.4 is 10.6 Å². The van der Waals surface area contributed by atoms with E-state index in [9.17, 15) is 19.2 Å². The van der Waals surface area contributed by atoms with E-state index in [0.29, 0.717) is 27.0 Å². The van der Waals surface area contributed by atoms with Crippen LogP contribution in [0.1, 0.15) is 27.1 Å². The molecule has 2 aromatic rings. The Bertz CT molecular complexity index is 992. The van der Waals surface area contributed by atoms with Gasteiger partial charge < -0.3 is 15.4 Å². The van der Waals surface area contributed by atoms with E-state index in [4.69, 9.17) is 4.74 Å². The number of amides is 4. The number of methoxy groups -OCH3 is 1. The third-order valence-corrected chi connectivity index (χ3v) is 4.69. The van der Waals surface area contributed by atoms with E-state index in [0.717, 1.165) is 4.90 Å². The maximum absolute atomic E-state index is 12.4. The van der Waals surface area contributed by atoms with Crippen LogP contribution >= 0.6 is 15.9 Å². The van der Waals surface area contributed by atoms with Gasteiger partial charge in [0, 0.05) is 35.9 Å². The van der Waals surface area contributed by atoms with Crippen molar-refractivity contribution in [3.8, 4) is 0 Å². The van der Waals surface area contributed by atoms with E-state index in [-0.39, 0.29) is 31.4 Å². The lowest BCUT2D eigenvalue weighted by Crippen LogP contribution is -2.32. The molecule has 0 unspecified atom stereocenters. The zero-order valence-corrected chi connectivity index (χ0v) is 17.1. The lowest BCUT2D eigenvalue weighted by atomic mass is 10.1. The predicted molar refractivity (Wildman–Crippen MR) is 110 cm³/mol. The molecule has 9 heteroatoms. The summed E-state index contributed by atoms with van der Waals surface area (Å²) < 4.78 is 5.46. The number of fused-ring (bicyclic) bond motifs is 1. The van der Waals surface area contributed by atoms with Crippen LogP contribution in [0.3, 0.4) is 0 Å². The molecule has 2 N–H and O–H groups in total. The quantitative estimate of drug-likeness (QED) is 0.619. The fourth-order valence-corrected chi connectivity index (χ4v) is 3.27. The highest BCUT2D eigenvalue weighted by molar-refractivity contribution is 9.10. The highest BCUT2D eigenvalue weighted by Crippen LogP contribution is 2.26. The first-order valence-electron chi connectivity index (χ1n) is 8.73. The Balaban J connectivity index is 1.58. The van der Waals surface area contributed by atoms with Crippen LogP contribution in [-0.2, 0) is 14.3 Å². The highest BCUT2D eigenvalue weighted by atomic mass is 79.9. The number of anilines is 2. The molecule has 4 amide bonds. The molecule has 0 bridgehead atoms. The number of nitrogens with zero attached hydrogens (tertiary/aromatic N) is 1. The monoisotopic (exact) mass is 459 g/mol. The minimum absolute atomic E-state index is 0.0277. The summed E-state index contributed by atoms with van der Waals surface area (Å²) in [4.78, 5) is 49.7. The molecule has 1 aliphatic heterocycles. The van der Waals surface area contributed by atoms with E-state index in [1.807, 2.05) is 0 Å². The third-order valence-electron chi connectivity index (χ3n) is 4.20. The predicted octanol–water partition coefficient (Wildman–Crippen LogP) is 2.66. The van der Waals surface area contributed by atoms with Gasteiger partial charge in [0.15, 0.2) is 0 Å². The minimum atomic E-state index is -0.415. The molecule has 3 rings (SSSR count). The molecule has 8 nitrogen and oxygen atoms in total. The molecule has 1 heterocycles. The van der Waals surface area contributed by atoms with Crippen LogP contribution in [-0.4, -0.2) is 48.8 Å². The average molecular weight is 460 g/mol. The third kappa shape index (κ3) is 4.87. The molecule has 0 radical (unpaired) electrons. The average Bonchev–Trinajstić information content (AvgIpc) is 2.90. The van der Waals surface area contributed by atoms with Gasteiger partial charge in [-0.15, -0.1) is 0 Å². The first-order chi connectivity index (χ1) is 13.9. The molecular weight excluding hydrogens is 442 g/mol. The molecule has 2 aromatic carbocycles. The highest BCUT2D eigenvalue weighted by Gasteiger charge is 2.35. The van der Waals surface area contributed by atoms with Crippen LogP contribution in [0.2, 0.25) is 0 Å². The normalized spacial score (nSPS) is 12.7. The van der Waals surface area contributed by atoms with Crippen molar-refractivity contribution in [3.63, 3.8) is 0 Å². The van der Waals surface area contributed by atoms with Gasteiger partial charge in [-0.1, -0.05) is 22.0 Å². The minimum Gasteiger partial charge on any atom is -0.375 e. The van der Waals surface area contributed by atoms with Crippen molar-refractivity contribution in [1.82, 2.24) is 4.90 Å². The smallest absolute Gasteiger partial charge is 0.261 e. The fourth-order valence-electron chi connectivity index (χ4n) is 2.91. The molecule has 0 spiro atoms. The Morgan fingerprint density at radius 2 is 1.62 bits per heavy atom. The maximum Gasteiger partial charge on any atom is 0.261 e. The van der Waals surface area contributed by atoms with Crippen molar-refractivity contribution in [3.05, 3.63) is 58.1 Å². The molecule has 0 atom stereocenters. The number of hydrogen-bond donors (Lipinski definition) is 2. The standard InChI is InChI=1S/C20H18BrN3O5/c1-29-11-18(26)23-14-4-2-3-13(10-14)22-17(25)7-8-24-19(27)15-6-5-12(21)9-16(15)20(24)28/h2-6,9-10H,7-8,11H2,1H3,(H,22,25)(H,23,26). The van der Waals surface area contributed by atoms with Gasteiger partial charge in [-0.05, 0) is 36.4 Å². The summed E-state index contributed by atoms with van der Waals surface area (Å²) >= 11 is 3.28. The Morgan fingerprint density at radius 3 is 2.31 bits per heavy atom. The zero-order chi connectivity index (χ0) is 21.0. The number of carbonyl (C=O) groups is 4. The second kappa shape index (κ2) is 8.97. The summed E-state index contributed by atoms with van der Waals surface area (Å²) in [7, 11) is 1.42. The second-order valence-corrected chi connectivity index (χ2v) is 7.23. The molecule has 0 aromatic heterocycles. The Morgan fingerprint density at radius 1 is 0.966 bits per heavy atom. The van der Waals surface area contributed by atoms with Gasteiger partial charge >= 0.3 is 0 Å². The SMILES string of the molecule is COCC(=O)Nc1cccc(NC(=O)CCN2C(=O)c3ccc(Br)cc3C2=O)c1. The summed E-state index contributed by atoms with van der Waals surface area (Å²) in [5.41, 5.74) is 1.65. The molecule has 150 valence electrons. The van der Waals surface area contributed by atoms with Gasteiger partial charge in [0.05, 0.1) is 11.1 Å². The fraction of sp³-hybridized carbons (Fsp3) is 0.200. The van der Waals surface area contributed by atoms with Crippen LogP contribution in [0.25, 0.3) is 0 Å². The summed E-state index contributed by atoms with van der Waals surface area (Å²) in [5, 5.41) is 5.34. The molecular formula is C20H18BrN3O5. The van der Waals surface area contributed by atoms with Crippen molar-refractivity contribution >= 4 is 50.9 Å². The number of nitrogens with one attached hydrogen (secondary N) is 2. The van der Waals surface area contributed by atoms with Gasteiger partial charge in [0.2, 0.25) is 11.8 Å². The molecule has 0 saturated carbocycles. The summed E-state index contributed by atoms with van der Waals surface area (Å²) in [5.74, 6) is -1.49. The molecule has 29 heavy (non-hydrogen) atoms. The van der Waals surface area contributed by atoms with Crippen LogP contribution in [0, 0.1) is 0 Å². The van der Waals surface area contributed by atoms with E-state index in [1.54, 1.807) is 42.5 Å². The number of halogens is 1. The van der Waals surface area contributed by atoms with Crippen molar-refractivity contribution in [1.29, 1.82) is 0 Å². The van der Waals surface area contributed by atoms with Crippen LogP contribution in [0.15, 0.2) is 46.9 Å². The lowest BCUT2D eigenvalue weighted by Gasteiger charge is -2.14. The van der Waals surface area contributed by atoms with Crippen molar-refractivity contribution in [2.75, 3.05) is 30.9 Å². The topological polar surface area (TPSA) is 105 Å². The Labute approximate surface area is 175 Å². The zero-order valence-electron chi connectivity index (χ0n) is 15.5. The second-order valence-electron chi connectivity index (χ2n) is 6.31. The van der Waals surface area contributed by atoms with E-state index >= 15 is 0 Å². The van der Waals surface area contributed by atoms with Crippen molar-refractivity contribution < 1.29 is 23.9 Å². The van der Waals surface area contributed by atoms with E-state index < -0.39 is 11.8 Å².